The van der Waals surface area contributed by atoms with Crippen LogP contribution in [0.15, 0.2) is 53.1 Å². The average Bonchev–Trinajstić information content (AvgIpc) is 3.28. The molecule has 0 bridgehead atoms. The van der Waals surface area contributed by atoms with E-state index < -0.39 is 5.82 Å². The maximum absolute atomic E-state index is 15.4. The molecule has 3 fully saturated rings. The number of nitrogens with zero attached hydrogens (tertiary/aromatic N) is 1. The summed E-state index contributed by atoms with van der Waals surface area (Å²) in [7, 11) is 0. The van der Waals surface area contributed by atoms with E-state index in [-0.39, 0.29) is 41.1 Å². The molecule has 2 aromatic carbocycles. The van der Waals surface area contributed by atoms with E-state index in [1.165, 1.54) is 11.8 Å². The molecular formula is C27H29FN4O4S. The van der Waals surface area contributed by atoms with Crippen molar-refractivity contribution in [1.29, 1.82) is 0 Å². The van der Waals surface area contributed by atoms with Crippen LogP contribution in [-0.4, -0.2) is 49.2 Å². The Morgan fingerprint density at radius 1 is 1.22 bits per heavy atom. The van der Waals surface area contributed by atoms with Crippen LogP contribution in [0.5, 0.6) is 11.5 Å². The zero-order valence-corrected chi connectivity index (χ0v) is 21.3. The molecule has 4 atom stereocenters. The number of carbonyl (C=O) groups is 2. The Kier molecular flexibility index (Phi) is 6.56. The number of anilines is 1. The Labute approximate surface area is 218 Å². The van der Waals surface area contributed by atoms with Gasteiger partial charge in [-0.2, -0.15) is 0 Å². The molecule has 194 valence electrons. The minimum absolute atomic E-state index is 0.0284. The Morgan fingerprint density at radius 3 is 2.84 bits per heavy atom. The van der Waals surface area contributed by atoms with Gasteiger partial charge in [0, 0.05) is 23.8 Å². The van der Waals surface area contributed by atoms with Crippen molar-refractivity contribution in [1.82, 2.24) is 16.0 Å². The first-order chi connectivity index (χ1) is 18.0. The van der Waals surface area contributed by atoms with Crippen molar-refractivity contribution in [3.63, 3.8) is 0 Å². The van der Waals surface area contributed by atoms with Crippen molar-refractivity contribution >= 4 is 29.4 Å². The number of benzene rings is 2. The standard InChI is InChI=1S/C27H29FN4O4S/c1-15-18(9-10-20(22(15)28)36-17-7-3-2-4-8-17)32-19-11-12-29-26-21(19)23(31-27(32)34)24(37-26)25(33)30-16-6-5-13-35-14-16/h2-4,7-10,16,19,21,26,29H,5-6,11-14H2,1H3,(H,30,33)(H,31,34)/t16-,19?,21?,26?/m1/s1. The maximum atomic E-state index is 15.4. The minimum atomic E-state index is -0.503. The number of urea groups is 1. The molecule has 0 aromatic heterocycles. The van der Waals surface area contributed by atoms with Gasteiger partial charge < -0.3 is 25.4 Å². The summed E-state index contributed by atoms with van der Waals surface area (Å²) < 4.78 is 26.7. The van der Waals surface area contributed by atoms with E-state index >= 15 is 4.39 Å². The molecule has 3 N–H and O–H groups in total. The summed E-state index contributed by atoms with van der Waals surface area (Å²) in [5, 5.41) is 9.50. The monoisotopic (exact) mass is 524 g/mol. The molecule has 8 nitrogen and oxygen atoms in total. The first-order valence-corrected chi connectivity index (χ1v) is 13.5. The summed E-state index contributed by atoms with van der Waals surface area (Å²) in [5.41, 5.74) is 1.50. The average molecular weight is 525 g/mol. The van der Waals surface area contributed by atoms with Gasteiger partial charge in [0.15, 0.2) is 11.6 Å². The van der Waals surface area contributed by atoms with Crippen molar-refractivity contribution in [3.8, 4) is 11.5 Å². The van der Waals surface area contributed by atoms with Crippen molar-refractivity contribution < 1.29 is 23.5 Å². The second-order valence-corrected chi connectivity index (χ2v) is 10.9. The number of ether oxygens (including phenoxy) is 2. The van der Waals surface area contributed by atoms with Gasteiger partial charge in [0.2, 0.25) is 0 Å². The van der Waals surface area contributed by atoms with E-state index in [2.05, 4.69) is 16.0 Å². The van der Waals surface area contributed by atoms with Crippen LogP contribution in [-0.2, 0) is 9.53 Å². The van der Waals surface area contributed by atoms with Gasteiger partial charge in [-0.3, -0.25) is 9.69 Å². The molecule has 10 heteroatoms. The fourth-order valence-electron chi connectivity index (χ4n) is 5.61. The van der Waals surface area contributed by atoms with Crippen LogP contribution >= 0.6 is 11.8 Å². The molecule has 2 aromatic rings. The van der Waals surface area contributed by atoms with E-state index in [4.69, 9.17) is 9.47 Å². The van der Waals surface area contributed by atoms with E-state index in [1.54, 1.807) is 36.1 Å². The van der Waals surface area contributed by atoms with Crippen LogP contribution in [0.3, 0.4) is 0 Å². The van der Waals surface area contributed by atoms with Gasteiger partial charge in [-0.25, -0.2) is 9.18 Å². The van der Waals surface area contributed by atoms with Crippen molar-refractivity contribution in [2.45, 2.75) is 43.6 Å². The number of piperidine rings is 1. The molecule has 4 heterocycles. The fraction of sp³-hybridized carbons (Fsp3) is 0.407. The third-order valence-electron chi connectivity index (χ3n) is 7.40. The highest BCUT2D eigenvalue weighted by atomic mass is 32.2. The molecule has 37 heavy (non-hydrogen) atoms. The number of hydrogen-bond donors (Lipinski definition) is 3. The summed E-state index contributed by atoms with van der Waals surface area (Å²) in [5.74, 6) is -0.146. The van der Waals surface area contributed by atoms with E-state index in [1.807, 2.05) is 18.2 Å². The van der Waals surface area contributed by atoms with Gasteiger partial charge in [-0.05, 0) is 57.0 Å². The third-order valence-corrected chi connectivity index (χ3v) is 8.75. The SMILES string of the molecule is Cc1c(N2C(=O)NC3=C(C(=O)N[C@@H]4CCCOC4)SC4NCCC2C34)ccc(Oc2ccccc2)c1F. The molecule has 4 aliphatic heterocycles. The molecule has 0 radical (unpaired) electrons. The van der Waals surface area contributed by atoms with E-state index in [0.717, 1.165) is 19.4 Å². The highest BCUT2D eigenvalue weighted by Crippen LogP contribution is 2.48. The molecule has 3 unspecified atom stereocenters. The van der Waals surface area contributed by atoms with Crippen LogP contribution in [0.2, 0.25) is 0 Å². The van der Waals surface area contributed by atoms with Gasteiger partial charge in [0.1, 0.15) is 5.75 Å². The van der Waals surface area contributed by atoms with Crippen LogP contribution in [0.25, 0.3) is 0 Å². The Hall–Kier alpha value is -3.08. The van der Waals surface area contributed by atoms with Crippen LogP contribution in [0.4, 0.5) is 14.9 Å². The number of para-hydroxylation sites is 1. The molecule has 0 aliphatic carbocycles. The van der Waals surface area contributed by atoms with Crippen molar-refractivity contribution in [3.05, 3.63) is 64.4 Å². The summed E-state index contributed by atoms with van der Waals surface area (Å²) in [6, 6.07) is 11.7. The summed E-state index contributed by atoms with van der Waals surface area (Å²) in [6.07, 6.45) is 2.48. The first kappa shape index (κ1) is 24.3. The molecular weight excluding hydrogens is 495 g/mol. The second-order valence-electron chi connectivity index (χ2n) is 9.74. The van der Waals surface area contributed by atoms with Gasteiger partial charge >= 0.3 is 6.03 Å². The lowest BCUT2D eigenvalue weighted by atomic mass is 9.86. The molecule has 0 spiro atoms. The zero-order valence-electron chi connectivity index (χ0n) is 20.5. The lowest BCUT2D eigenvalue weighted by Gasteiger charge is -2.46. The minimum Gasteiger partial charge on any atom is -0.454 e. The number of amides is 3. The molecule has 0 saturated carbocycles. The maximum Gasteiger partial charge on any atom is 0.326 e. The zero-order chi connectivity index (χ0) is 25.5. The van der Waals surface area contributed by atoms with E-state index in [0.29, 0.717) is 47.2 Å². The number of halogens is 1. The number of carbonyl (C=O) groups excluding carboxylic acids is 2. The smallest absolute Gasteiger partial charge is 0.326 e. The predicted octanol–water partition coefficient (Wildman–Crippen LogP) is 4.01. The quantitative estimate of drug-likeness (QED) is 0.548. The topological polar surface area (TPSA) is 91.9 Å². The highest BCUT2D eigenvalue weighted by molar-refractivity contribution is 8.04. The summed E-state index contributed by atoms with van der Waals surface area (Å²) >= 11 is 1.46. The molecule has 3 amide bonds. The Bertz CT molecular complexity index is 1250. The second kappa shape index (κ2) is 10.00. The fourth-order valence-corrected chi connectivity index (χ4v) is 7.01. The van der Waals surface area contributed by atoms with Gasteiger partial charge in [0.05, 0.1) is 34.7 Å². The van der Waals surface area contributed by atoms with Gasteiger partial charge in [-0.15, -0.1) is 0 Å². The number of rotatable bonds is 5. The number of hydrogen-bond acceptors (Lipinski definition) is 6. The number of thioether (sulfide) groups is 1. The third kappa shape index (κ3) is 4.47. The Balaban J connectivity index is 1.28. The molecule has 3 saturated heterocycles. The van der Waals surface area contributed by atoms with E-state index in [9.17, 15) is 9.59 Å². The van der Waals surface area contributed by atoms with Crippen molar-refractivity contribution in [2.75, 3.05) is 24.7 Å². The lowest BCUT2D eigenvalue weighted by Crippen LogP contribution is -2.62. The van der Waals surface area contributed by atoms with Crippen molar-refractivity contribution in [2.24, 2.45) is 5.92 Å². The largest absolute Gasteiger partial charge is 0.454 e. The van der Waals surface area contributed by atoms with Crippen LogP contribution in [0.1, 0.15) is 24.8 Å². The highest BCUT2D eigenvalue weighted by Gasteiger charge is 2.52. The summed E-state index contributed by atoms with van der Waals surface area (Å²) in [6.45, 7) is 3.57. The van der Waals surface area contributed by atoms with Crippen LogP contribution in [0, 0.1) is 18.7 Å². The Morgan fingerprint density at radius 2 is 2.05 bits per heavy atom. The predicted molar refractivity (Wildman–Crippen MR) is 139 cm³/mol. The van der Waals surface area contributed by atoms with Gasteiger partial charge in [-0.1, -0.05) is 30.0 Å². The summed E-state index contributed by atoms with van der Waals surface area (Å²) in [4.78, 5) is 28.9. The number of nitrogens with one attached hydrogen (secondary N) is 3. The molecule has 6 rings (SSSR count). The lowest BCUT2D eigenvalue weighted by molar-refractivity contribution is -0.118. The van der Waals surface area contributed by atoms with Gasteiger partial charge in [0.25, 0.3) is 5.91 Å². The molecule has 4 aliphatic rings. The van der Waals surface area contributed by atoms with Crippen LogP contribution < -0.4 is 25.6 Å². The normalized spacial score (nSPS) is 27.0. The first-order valence-electron chi connectivity index (χ1n) is 12.7.